The molecule has 0 aromatic carbocycles. The Labute approximate surface area is 52.3 Å². The Morgan fingerprint density at radius 3 is 2.88 bits per heavy atom. The summed E-state index contributed by atoms with van der Waals surface area (Å²) in [5.41, 5.74) is 0. The second-order valence-electron chi connectivity index (χ2n) is 0.971. The average Bonchev–Trinajstić information content (AvgIpc) is 1.66. The molecule has 0 heterocycles. The van der Waals surface area contributed by atoms with Gasteiger partial charge in [-0.3, -0.25) is 0 Å². The molecule has 0 spiro atoms. The SMILES string of the molecule is CC(Cl)=NC=NC#N. The molecule has 0 aliphatic carbocycles. The van der Waals surface area contributed by atoms with Crippen LogP contribution in [-0.4, -0.2) is 11.5 Å². The molecule has 0 unspecified atom stereocenters. The first-order valence-corrected chi connectivity index (χ1v) is 2.25. The van der Waals surface area contributed by atoms with Gasteiger partial charge in [-0.1, -0.05) is 11.6 Å². The van der Waals surface area contributed by atoms with Gasteiger partial charge in [0.2, 0.25) is 6.19 Å². The van der Waals surface area contributed by atoms with Crippen molar-refractivity contribution in [3.63, 3.8) is 0 Å². The highest BCUT2D eigenvalue weighted by Gasteiger charge is 1.72. The van der Waals surface area contributed by atoms with Gasteiger partial charge >= 0.3 is 0 Å². The van der Waals surface area contributed by atoms with E-state index in [1.165, 1.54) is 6.19 Å². The van der Waals surface area contributed by atoms with Crippen LogP contribution >= 0.6 is 11.6 Å². The highest BCUT2D eigenvalue weighted by atomic mass is 35.5. The fraction of sp³-hybridized carbons (Fsp3) is 0.250. The molecule has 4 heteroatoms. The molecule has 0 rings (SSSR count). The van der Waals surface area contributed by atoms with Crippen LogP contribution in [0.4, 0.5) is 0 Å². The van der Waals surface area contributed by atoms with Gasteiger partial charge in [0, 0.05) is 0 Å². The Morgan fingerprint density at radius 2 is 2.50 bits per heavy atom. The first-order valence-electron chi connectivity index (χ1n) is 1.88. The van der Waals surface area contributed by atoms with Crippen molar-refractivity contribution in [2.75, 3.05) is 0 Å². The molecule has 0 amide bonds. The van der Waals surface area contributed by atoms with Gasteiger partial charge in [0.1, 0.15) is 11.5 Å². The van der Waals surface area contributed by atoms with Crippen molar-refractivity contribution in [2.24, 2.45) is 9.98 Å². The molecule has 0 saturated heterocycles. The van der Waals surface area contributed by atoms with Crippen molar-refractivity contribution in [1.82, 2.24) is 0 Å². The zero-order valence-electron chi connectivity index (χ0n) is 4.30. The number of halogens is 1. The van der Waals surface area contributed by atoms with E-state index in [0.717, 1.165) is 6.34 Å². The molecule has 0 atom stereocenters. The summed E-state index contributed by atoms with van der Waals surface area (Å²) < 4.78 is 0. The summed E-state index contributed by atoms with van der Waals surface area (Å²) in [6, 6.07) is 0. The van der Waals surface area contributed by atoms with Crippen LogP contribution in [0.2, 0.25) is 0 Å². The molecule has 0 aromatic heterocycles. The third-order valence-corrected chi connectivity index (χ3v) is 0.449. The Morgan fingerprint density at radius 1 is 1.88 bits per heavy atom. The zero-order valence-corrected chi connectivity index (χ0v) is 5.05. The van der Waals surface area contributed by atoms with E-state index in [1.807, 2.05) is 0 Å². The summed E-state index contributed by atoms with van der Waals surface area (Å²) in [5.74, 6) is 0. The minimum absolute atomic E-state index is 0.365. The Hall–Kier alpha value is -0.880. The van der Waals surface area contributed by atoms with Crippen LogP contribution in [0.1, 0.15) is 6.92 Å². The Balaban J connectivity index is 3.63. The molecular formula is C4H4ClN3. The molecule has 3 nitrogen and oxygen atoms in total. The molecule has 0 aliphatic heterocycles. The van der Waals surface area contributed by atoms with Crippen molar-refractivity contribution < 1.29 is 0 Å². The molecule has 0 N–H and O–H groups in total. The minimum atomic E-state index is 0.365. The molecule has 0 aromatic rings. The lowest BCUT2D eigenvalue weighted by Gasteiger charge is -1.73. The van der Waals surface area contributed by atoms with Crippen LogP contribution in [0.15, 0.2) is 9.98 Å². The quantitative estimate of drug-likeness (QED) is 0.298. The number of hydrogen-bond acceptors (Lipinski definition) is 2. The van der Waals surface area contributed by atoms with Crippen LogP contribution in [-0.2, 0) is 0 Å². The van der Waals surface area contributed by atoms with Crippen molar-refractivity contribution in [3.05, 3.63) is 0 Å². The van der Waals surface area contributed by atoms with E-state index in [0.29, 0.717) is 5.17 Å². The van der Waals surface area contributed by atoms with Crippen LogP contribution in [0, 0.1) is 11.5 Å². The van der Waals surface area contributed by atoms with Gasteiger partial charge in [-0.15, -0.1) is 0 Å². The van der Waals surface area contributed by atoms with E-state index in [-0.39, 0.29) is 0 Å². The van der Waals surface area contributed by atoms with Gasteiger partial charge in [-0.25, -0.2) is 4.99 Å². The summed E-state index contributed by atoms with van der Waals surface area (Å²) in [7, 11) is 0. The maximum absolute atomic E-state index is 7.82. The van der Waals surface area contributed by atoms with Gasteiger partial charge in [-0.2, -0.15) is 10.3 Å². The van der Waals surface area contributed by atoms with Crippen molar-refractivity contribution >= 4 is 23.1 Å². The minimum Gasteiger partial charge on any atom is -0.229 e. The Kier molecular flexibility index (Phi) is 3.81. The second kappa shape index (κ2) is 4.28. The Bertz CT molecular complexity index is 149. The van der Waals surface area contributed by atoms with Crippen molar-refractivity contribution in [1.29, 1.82) is 5.26 Å². The van der Waals surface area contributed by atoms with Crippen LogP contribution in [0.3, 0.4) is 0 Å². The average molecular weight is 130 g/mol. The molecule has 8 heavy (non-hydrogen) atoms. The lowest BCUT2D eigenvalue weighted by atomic mass is 10.9. The summed E-state index contributed by atoms with van der Waals surface area (Å²) in [6.45, 7) is 1.60. The molecule has 0 fully saturated rings. The summed E-state index contributed by atoms with van der Waals surface area (Å²) in [6.07, 6.45) is 2.63. The largest absolute Gasteiger partial charge is 0.229 e. The zero-order chi connectivity index (χ0) is 6.41. The van der Waals surface area contributed by atoms with E-state index in [1.54, 1.807) is 6.92 Å². The monoisotopic (exact) mass is 129 g/mol. The van der Waals surface area contributed by atoms with E-state index >= 15 is 0 Å². The summed E-state index contributed by atoms with van der Waals surface area (Å²) in [4.78, 5) is 6.60. The molecule has 0 bridgehead atoms. The van der Waals surface area contributed by atoms with E-state index in [9.17, 15) is 0 Å². The van der Waals surface area contributed by atoms with Crippen LogP contribution in [0.25, 0.3) is 0 Å². The molecule has 0 radical (unpaired) electrons. The molecular weight excluding hydrogens is 126 g/mol. The topological polar surface area (TPSA) is 48.5 Å². The normalized spacial score (nSPS) is 11.9. The van der Waals surface area contributed by atoms with E-state index in [2.05, 4.69) is 9.98 Å². The fourth-order valence-corrected chi connectivity index (χ4v) is 0.178. The van der Waals surface area contributed by atoms with Gasteiger partial charge in [0.25, 0.3) is 0 Å². The maximum atomic E-state index is 7.82. The second-order valence-corrected chi connectivity index (χ2v) is 1.52. The van der Waals surface area contributed by atoms with Gasteiger partial charge in [0.05, 0.1) is 0 Å². The molecule has 0 saturated carbocycles. The van der Waals surface area contributed by atoms with Crippen molar-refractivity contribution in [3.8, 4) is 6.19 Å². The number of hydrogen-bond donors (Lipinski definition) is 0. The summed E-state index contributed by atoms with van der Waals surface area (Å²) in [5, 5.41) is 8.18. The van der Waals surface area contributed by atoms with Gasteiger partial charge in [0.15, 0.2) is 0 Å². The number of nitrogens with zero attached hydrogens (tertiary/aromatic N) is 3. The van der Waals surface area contributed by atoms with E-state index < -0.39 is 0 Å². The third kappa shape index (κ3) is 5.12. The van der Waals surface area contributed by atoms with Gasteiger partial charge < -0.3 is 0 Å². The smallest absolute Gasteiger partial charge is 0.207 e. The predicted octanol–water partition coefficient (Wildman–Crippen LogP) is 1.15. The van der Waals surface area contributed by atoms with Crippen LogP contribution in [0.5, 0.6) is 0 Å². The first-order chi connectivity index (χ1) is 3.77. The first kappa shape index (κ1) is 7.12. The fourth-order valence-electron chi connectivity index (χ4n) is 0.134. The number of rotatable bonds is 1. The number of aliphatic imine (C=N–C) groups is 2. The highest BCUT2D eigenvalue weighted by Crippen LogP contribution is 1.78. The van der Waals surface area contributed by atoms with Crippen molar-refractivity contribution in [2.45, 2.75) is 6.92 Å². The van der Waals surface area contributed by atoms with Gasteiger partial charge in [-0.05, 0) is 6.92 Å². The predicted molar refractivity (Wildman–Crippen MR) is 33.1 cm³/mol. The molecule has 42 valence electrons. The third-order valence-electron chi connectivity index (χ3n) is 0.351. The highest BCUT2D eigenvalue weighted by molar-refractivity contribution is 6.65. The standard InChI is InChI=1S/C4H4ClN3/c1-4(5)8-3-7-2-6/h3H,1H3. The number of nitriles is 1. The van der Waals surface area contributed by atoms with Crippen LogP contribution < -0.4 is 0 Å². The maximum Gasteiger partial charge on any atom is 0.207 e. The lowest BCUT2D eigenvalue weighted by molar-refractivity contribution is 1.44. The summed E-state index contributed by atoms with van der Waals surface area (Å²) >= 11 is 5.26. The lowest BCUT2D eigenvalue weighted by Crippen LogP contribution is -1.73. The van der Waals surface area contributed by atoms with E-state index in [4.69, 9.17) is 16.9 Å². The molecule has 0 aliphatic rings.